The molecule has 0 heterocycles. The Morgan fingerprint density at radius 1 is 1.47 bits per heavy atom. The maximum Gasteiger partial charge on any atom is 0.323 e. The first-order valence-corrected chi connectivity index (χ1v) is 6.43. The lowest BCUT2D eigenvalue weighted by atomic mass is 9.98. The quantitative estimate of drug-likeness (QED) is 0.797. The van der Waals surface area contributed by atoms with Gasteiger partial charge in [-0.05, 0) is 17.5 Å². The molecular weight excluding hydrogens is 240 g/mol. The fraction of sp³-hybridized carbons (Fsp3) is 0.467. The molecule has 4 heteroatoms. The summed E-state index contributed by atoms with van der Waals surface area (Å²) in [6.45, 7) is 4.52. The van der Waals surface area contributed by atoms with Crippen molar-refractivity contribution in [3.8, 4) is 6.07 Å². The van der Waals surface area contributed by atoms with Crippen molar-refractivity contribution < 1.29 is 9.53 Å². The Bertz CT molecular complexity index is 465. The largest absolute Gasteiger partial charge is 0.468 e. The van der Waals surface area contributed by atoms with Gasteiger partial charge in [-0.25, -0.2) is 0 Å². The van der Waals surface area contributed by atoms with Gasteiger partial charge in [0, 0.05) is 6.54 Å². The van der Waals surface area contributed by atoms with Gasteiger partial charge in [-0.3, -0.25) is 4.79 Å². The zero-order valence-electron chi connectivity index (χ0n) is 11.6. The van der Waals surface area contributed by atoms with Gasteiger partial charge >= 0.3 is 5.97 Å². The molecule has 1 rings (SSSR count). The molecule has 0 amide bonds. The molecule has 0 saturated carbocycles. The number of hydrogen-bond acceptors (Lipinski definition) is 4. The van der Waals surface area contributed by atoms with Crippen molar-refractivity contribution >= 4 is 5.97 Å². The van der Waals surface area contributed by atoms with Crippen LogP contribution in [0.15, 0.2) is 24.3 Å². The summed E-state index contributed by atoms with van der Waals surface area (Å²) < 4.78 is 4.81. The van der Waals surface area contributed by atoms with Gasteiger partial charge in [0.2, 0.25) is 0 Å². The van der Waals surface area contributed by atoms with Gasteiger partial charge in [-0.15, -0.1) is 0 Å². The molecule has 0 bridgehead atoms. The lowest BCUT2D eigenvalue weighted by molar-refractivity contribution is -0.144. The first-order valence-electron chi connectivity index (χ1n) is 6.43. The van der Waals surface area contributed by atoms with E-state index in [4.69, 9.17) is 10.00 Å². The van der Waals surface area contributed by atoms with Crippen LogP contribution in [0.1, 0.15) is 31.4 Å². The second-order valence-corrected chi connectivity index (χ2v) is 4.54. The Morgan fingerprint density at radius 3 is 2.74 bits per heavy atom. The standard InChI is InChI=1S/C15H20N2O2/c1-4-11(2)14(15(18)19-3)17-10-13-8-6-5-7-12(13)9-16/h5-8,11,14,17H,4,10H2,1-3H3. The molecule has 0 spiro atoms. The number of benzene rings is 1. The van der Waals surface area contributed by atoms with Gasteiger partial charge in [-0.1, -0.05) is 38.5 Å². The number of hydrogen-bond donors (Lipinski definition) is 1. The van der Waals surface area contributed by atoms with Crippen LogP contribution in [0.2, 0.25) is 0 Å². The Morgan fingerprint density at radius 2 is 2.16 bits per heavy atom. The smallest absolute Gasteiger partial charge is 0.323 e. The van der Waals surface area contributed by atoms with Crippen molar-refractivity contribution in [2.45, 2.75) is 32.9 Å². The van der Waals surface area contributed by atoms with E-state index in [0.29, 0.717) is 12.1 Å². The number of methoxy groups -OCH3 is 1. The number of nitriles is 1. The van der Waals surface area contributed by atoms with Crippen LogP contribution in [0.25, 0.3) is 0 Å². The normalized spacial score (nSPS) is 13.4. The van der Waals surface area contributed by atoms with Gasteiger partial charge in [0.15, 0.2) is 0 Å². The predicted octanol–water partition coefficient (Wildman–Crippen LogP) is 2.24. The lowest BCUT2D eigenvalue weighted by Gasteiger charge is -2.22. The van der Waals surface area contributed by atoms with E-state index >= 15 is 0 Å². The molecular formula is C15H20N2O2. The molecule has 102 valence electrons. The Balaban J connectivity index is 2.76. The van der Waals surface area contributed by atoms with Gasteiger partial charge in [0.1, 0.15) is 6.04 Å². The summed E-state index contributed by atoms with van der Waals surface area (Å²) in [6, 6.07) is 9.17. The number of nitrogens with one attached hydrogen (secondary N) is 1. The maximum absolute atomic E-state index is 11.7. The zero-order valence-corrected chi connectivity index (χ0v) is 11.6. The van der Waals surface area contributed by atoms with Crippen LogP contribution in [-0.2, 0) is 16.1 Å². The number of nitrogens with zero attached hydrogens (tertiary/aromatic N) is 1. The average molecular weight is 260 g/mol. The molecule has 2 unspecified atom stereocenters. The van der Waals surface area contributed by atoms with E-state index in [9.17, 15) is 4.79 Å². The van der Waals surface area contributed by atoms with Crippen LogP contribution < -0.4 is 5.32 Å². The number of ether oxygens (including phenoxy) is 1. The number of rotatable bonds is 6. The topological polar surface area (TPSA) is 62.1 Å². The second-order valence-electron chi connectivity index (χ2n) is 4.54. The highest BCUT2D eigenvalue weighted by molar-refractivity contribution is 5.76. The van der Waals surface area contributed by atoms with Gasteiger partial charge < -0.3 is 10.1 Å². The van der Waals surface area contributed by atoms with Crippen molar-refractivity contribution in [2.24, 2.45) is 5.92 Å². The van der Waals surface area contributed by atoms with Crippen LogP contribution in [0, 0.1) is 17.2 Å². The number of esters is 1. The maximum atomic E-state index is 11.7. The fourth-order valence-corrected chi connectivity index (χ4v) is 1.88. The average Bonchev–Trinajstić information content (AvgIpc) is 2.47. The van der Waals surface area contributed by atoms with Crippen LogP contribution in [0.5, 0.6) is 0 Å². The molecule has 0 fully saturated rings. The number of carbonyl (C=O) groups is 1. The summed E-state index contributed by atoms with van der Waals surface area (Å²) in [5.41, 5.74) is 1.52. The molecule has 19 heavy (non-hydrogen) atoms. The van der Waals surface area contributed by atoms with Gasteiger partial charge in [0.05, 0.1) is 18.7 Å². The SMILES string of the molecule is CCC(C)C(NCc1ccccc1C#N)C(=O)OC. The minimum Gasteiger partial charge on any atom is -0.468 e. The fourth-order valence-electron chi connectivity index (χ4n) is 1.88. The van der Waals surface area contributed by atoms with E-state index in [-0.39, 0.29) is 17.9 Å². The molecule has 0 aromatic heterocycles. The van der Waals surface area contributed by atoms with E-state index in [0.717, 1.165) is 12.0 Å². The highest BCUT2D eigenvalue weighted by Crippen LogP contribution is 2.12. The summed E-state index contributed by atoms with van der Waals surface area (Å²) in [4.78, 5) is 11.7. The van der Waals surface area contributed by atoms with Crippen LogP contribution >= 0.6 is 0 Å². The van der Waals surface area contributed by atoms with E-state index in [1.54, 1.807) is 6.07 Å². The molecule has 0 radical (unpaired) electrons. The Labute approximate surface area is 114 Å². The predicted molar refractivity (Wildman–Crippen MR) is 73.3 cm³/mol. The minimum absolute atomic E-state index is 0.182. The molecule has 1 aromatic rings. The van der Waals surface area contributed by atoms with E-state index in [1.807, 2.05) is 32.0 Å². The third-order valence-electron chi connectivity index (χ3n) is 3.32. The summed E-state index contributed by atoms with van der Waals surface area (Å²) >= 11 is 0. The first kappa shape index (κ1) is 15.2. The molecule has 0 aliphatic carbocycles. The van der Waals surface area contributed by atoms with Crippen molar-refractivity contribution in [2.75, 3.05) is 7.11 Å². The van der Waals surface area contributed by atoms with E-state index in [2.05, 4.69) is 11.4 Å². The molecule has 0 aliphatic rings. The third kappa shape index (κ3) is 4.08. The second kappa shape index (κ2) is 7.55. The van der Waals surface area contributed by atoms with Crippen molar-refractivity contribution in [3.63, 3.8) is 0 Å². The minimum atomic E-state index is -0.346. The number of carbonyl (C=O) groups excluding carboxylic acids is 1. The van der Waals surface area contributed by atoms with Crippen LogP contribution in [0.3, 0.4) is 0 Å². The zero-order chi connectivity index (χ0) is 14.3. The highest BCUT2D eigenvalue weighted by Gasteiger charge is 2.24. The van der Waals surface area contributed by atoms with Crippen LogP contribution in [-0.4, -0.2) is 19.1 Å². The van der Waals surface area contributed by atoms with E-state index in [1.165, 1.54) is 7.11 Å². The Kier molecular flexibility index (Phi) is 6.04. The lowest BCUT2D eigenvalue weighted by Crippen LogP contribution is -2.42. The summed E-state index contributed by atoms with van der Waals surface area (Å²) in [6.07, 6.45) is 0.882. The van der Waals surface area contributed by atoms with Crippen LogP contribution in [0.4, 0.5) is 0 Å². The summed E-state index contributed by atoms with van der Waals surface area (Å²) in [7, 11) is 1.39. The first-order chi connectivity index (χ1) is 9.13. The highest BCUT2D eigenvalue weighted by atomic mass is 16.5. The van der Waals surface area contributed by atoms with Crippen molar-refractivity contribution in [1.82, 2.24) is 5.32 Å². The van der Waals surface area contributed by atoms with Crippen molar-refractivity contribution in [1.29, 1.82) is 5.26 Å². The summed E-state index contributed by atoms with van der Waals surface area (Å²) in [5, 5.41) is 12.2. The van der Waals surface area contributed by atoms with Gasteiger partial charge in [0.25, 0.3) is 0 Å². The molecule has 2 atom stereocenters. The Hall–Kier alpha value is -1.86. The molecule has 0 aliphatic heterocycles. The molecule has 0 saturated heterocycles. The molecule has 4 nitrogen and oxygen atoms in total. The molecule has 1 aromatic carbocycles. The molecule has 1 N–H and O–H groups in total. The summed E-state index contributed by atoms with van der Waals surface area (Å²) in [5.74, 6) is -0.0783. The third-order valence-corrected chi connectivity index (χ3v) is 3.32. The van der Waals surface area contributed by atoms with E-state index < -0.39 is 0 Å². The van der Waals surface area contributed by atoms with Gasteiger partial charge in [-0.2, -0.15) is 5.26 Å². The monoisotopic (exact) mass is 260 g/mol. The van der Waals surface area contributed by atoms with Crippen molar-refractivity contribution in [3.05, 3.63) is 35.4 Å².